The van der Waals surface area contributed by atoms with Gasteiger partial charge in [-0.1, -0.05) is 19.1 Å². The molecule has 8 nitrogen and oxygen atoms in total. The quantitative estimate of drug-likeness (QED) is 0.521. The van der Waals surface area contributed by atoms with E-state index < -0.39 is 17.5 Å². The molecule has 4 N–H and O–H groups in total. The van der Waals surface area contributed by atoms with Crippen molar-refractivity contribution < 1.29 is 39.5 Å². The summed E-state index contributed by atoms with van der Waals surface area (Å²) in [5.74, 6) is -0.230. The highest BCUT2D eigenvalue weighted by Gasteiger charge is 2.36. The maximum absolute atomic E-state index is 10.1. The molecule has 0 amide bonds. The van der Waals surface area contributed by atoms with E-state index in [2.05, 4.69) is 6.92 Å². The van der Waals surface area contributed by atoms with Gasteiger partial charge in [-0.2, -0.15) is 0 Å². The molecular weight excluding hydrogens is 428 g/mol. The minimum absolute atomic E-state index is 0.0559. The van der Waals surface area contributed by atoms with Crippen molar-refractivity contribution in [1.82, 2.24) is 0 Å². The van der Waals surface area contributed by atoms with E-state index in [1.807, 2.05) is 44.2 Å². The summed E-state index contributed by atoms with van der Waals surface area (Å²) >= 11 is 0. The van der Waals surface area contributed by atoms with Crippen molar-refractivity contribution in [3.63, 3.8) is 0 Å². The first-order valence-corrected chi connectivity index (χ1v) is 10.3. The van der Waals surface area contributed by atoms with Crippen LogP contribution in [0.3, 0.4) is 0 Å². The van der Waals surface area contributed by atoms with Gasteiger partial charge in [-0.3, -0.25) is 9.59 Å². The van der Waals surface area contributed by atoms with Crippen LogP contribution in [0.25, 0.3) is 11.1 Å². The zero-order chi connectivity index (χ0) is 25.3. The molecule has 0 radical (unpaired) electrons. The first-order valence-electron chi connectivity index (χ1n) is 10.3. The van der Waals surface area contributed by atoms with Gasteiger partial charge in [0.05, 0.1) is 19.3 Å². The summed E-state index contributed by atoms with van der Waals surface area (Å²) in [6.45, 7) is 8.03. The zero-order valence-electron chi connectivity index (χ0n) is 19.8. The maximum atomic E-state index is 10.1. The highest BCUT2D eigenvalue weighted by molar-refractivity contribution is 5.97. The number of carbonyl (C=O) groups is 2. The van der Waals surface area contributed by atoms with Crippen LogP contribution in [0, 0.1) is 0 Å². The zero-order valence-corrected chi connectivity index (χ0v) is 19.8. The fourth-order valence-electron chi connectivity index (χ4n) is 3.58. The van der Waals surface area contributed by atoms with Crippen molar-refractivity contribution in [2.45, 2.75) is 53.2 Å². The summed E-state index contributed by atoms with van der Waals surface area (Å²) in [6, 6.07) is 11.4. The highest BCUT2D eigenvalue weighted by atomic mass is 16.5. The van der Waals surface area contributed by atoms with Crippen LogP contribution in [0.4, 0.5) is 0 Å². The van der Waals surface area contributed by atoms with Crippen molar-refractivity contribution in [2.24, 2.45) is 0 Å². The molecule has 8 heteroatoms. The molecule has 180 valence electrons. The Labute approximate surface area is 193 Å². The lowest BCUT2D eigenvalue weighted by atomic mass is 9.80. The summed E-state index contributed by atoms with van der Waals surface area (Å²) in [5.41, 5.74) is 4.11. The number of ether oxygens (including phenoxy) is 2. The third kappa shape index (κ3) is 7.25. The molecule has 0 aliphatic carbocycles. The Morgan fingerprint density at radius 1 is 1.00 bits per heavy atom. The van der Waals surface area contributed by atoms with Gasteiger partial charge in [0.2, 0.25) is 0 Å². The number of phenols is 1. The molecule has 1 aliphatic heterocycles. The van der Waals surface area contributed by atoms with E-state index in [1.54, 1.807) is 13.2 Å². The van der Waals surface area contributed by atoms with Crippen LogP contribution >= 0.6 is 0 Å². The molecule has 0 saturated carbocycles. The lowest BCUT2D eigenvalue weighted by molar-refractivity contribution is -0.135. The maximum Gasteiger partial charge on any atom is 0.300 e. The first kappa shape index (κ1) is 27.5. The van der Waals surface area contributed by atoms with Gasteiger partial charge in [-0.05, 0) is 55.7 Å². The number of allylic oxidation sites excluding steroid dienone is 1. The summed E-state index contributed by atoms with van der Waals surface area (Å²) in [7, 11) is 1.65. The minimum atomic E-state index is -0.833. The molecule has 0 aromatic heterocycles. The molecule has 0 atom stereocenters. The third-order valence-corrected chi connectivity index (χ3v) is 4.71. The Bertz CT molecular complexity index is 984. The molecule has 0 spiro atoms. The summed E-state index contributed by atoms with van der Waals surface area (Å²) < 4.78 is 11.5. The van der Waals surface area contributed by atoms with Gasteiger partial charge < -0.3 is 29.9 Å². The Balaban J connectivity index is 0.000000591. The number of benzene rings is 2. The normalized spacial score (nSPS) is 13.3. The molecule has 0 saturated heterocycles. The number of hydrogen-bond donors (Lipinski definition) is 4. The van der Waals surface area contributed by atoms with Crippen molar-refractivity contribution in [2.75, 3.05) is 7.11 Å². The standard InChI is InChI=1S/C21H24O4.2C2H4O2/c1-5-15-16-10-11-18(23)17(12-22)20(16)25-21(2,3)19(15)13-6-8-14(24-4)9-7-13;2*1-2(3)4/h6-11,22-23H,5,12H2,1-4H3;2*1H3,(H,3,4). The van der Waals surface area contributed by atoms with E-state index >= 15 is 0 Å². The van der Waals surface area contributed by atoms with Crippen LogP contribution in [0.15, 0.2) is 36.4 Å². The van der Waals surface area contributed by atoms with E-state index in [9.17, 15) is 10.2 Å². The molecule has 0 fully saturated rings. The number of hydrogen-bond acceptors (Lipinski definition) is 6. The van der Waals surface area contributed by atoms with E-state index in [1.165, 1.54) is 0 Å². The van der Waals surface area contributed by atoms with Crippen LogP contribution in [0.5, 0.6) is 17.2 Å². The molecule has 3 rings (SSSR count). The second kappa shape index (κ2) is 11.9. The Kier molecular flexibility index (Phi) is 9.94. The fraction of sp³-hybridized carbons (Fsp3) is 0.360. The van der Waals surface area contributed by atoms with E-state index in [-0.39, 0.29) is 12.4 Å². The van der Waals surface area contributed by atoms with E-state index in [0.29, 0.717) is 11.3 Å². The Hall–Kier alpha value is -3.52. The van der Waals surface area contributed by atoms with Crippen molar-refractivity contribution >= 4 is 23.1 Å². The van der Waals surface area contributed by atoms with Gasteiger partial charge >= 0.3 is 0 Å². The van der Waals surface area contributed by atoms with Gasteiger partial charge in [0.1, 0.15) is 22.8 Å². The third-order valence-electron chi connectivity index (χ3n) is 4.71. The molecule has 1 aliphatic rings. The minimum Gasteiger partial charge on any atom is -0.507 e. The topological polar surface area (TPSA) is 134 Å². The number of methoxy groups -OCH3 is 1. The van der Waals surface area contributed by atoms with Crippen LogP contribution < -0.4 is 9.47 Å². The molecule has 2 aromatic rings. The monoisotopic (exact) mass is 460 g/mol. The number of rotatable bonds is 4. The fourth-order valence-corrected chi connectivity index (χ4v) is 3.58. The number of aromatic hydroxyl groups is 1. The summed E-state index contributed by atoms with van der Waals surface area (Å²) in [5, 5.41) is 34.6. The molecule has 0 unspecified atom stereocenters. The Morgan fingerprint density at radius 3 is 1.94 bits per heavy atom. The van der Waals surface area contributed by atoms with Gasteiger partial charge in [0.25, 0.3) is 11.9 Å². The van der Waals surface area contributed by atoms with Gasteiger partial charge in [-0.15, -0.1) is 0 Å². The molecule has 1 heterocycles. The molecule has 2 aromatic carbocycles. The molecular formula is C25H32O8. The number of aliphatic carboxylic acids is 2. The number of aliphatic hydroxyl groups is 1. The van der Waals surface area contributed by atoms with Crippen LogP contribution in [-0.2, 0) is 16.2 Å². The van der Waals surface area contributed by atoms with Gasteiger partial charge in [0, 0.05) is 25.0 Å². The number of carboxylic acids is 2. The second-order valence-corrected chi connectivity index (χ2v) is 7.68. The van der Waals surface area contributed by atoms with E-state index in [4.69, 9.17) is 29.3 Å². The summed E-state index contributed by atoms with van der Waals surface area (Å²) in [6.07, 6.45) is 0.816. The van der Waals surface area contributed by atoms with Crippen molar-refractivity contribution in [3.8, 4) is 17.2 Å². The van der Waals surface area contributed by atoms with Crippen molar-refractivity contribution in [1.29, 1.82) is 0 Å². The number of aliphatic hydroxyl groups excluding tert-OH is 1. The SMILES string of the molecule is CC(=O)O.CC(=O)O.CCC1=C(c2ccc(OC)cc2)C(C)(C)Oc2c1ccc(O)c2CO. The lowest BCUT2D eigenvalue weighted by Crippen LogP contribution is -2.34. The van der Waals surface area contributed by atoms with Crippen molar-refractivity contribution in [3.05, 3.63) is 53.1 Å². The highest BCUT2D eigenvalue weighted by Crippen LogP contribution is 2.49. The smallest absolute Gasteiger partial charge is 0.300 e. The molecule has 0 bridgehead atoms. The predicted octanol–water partition coefficient (Wildman–Crippen LogP) is 4.57. The average Bonchev–Trinajstić information content (AvgIpc) is 2.71. The van der Waals surface area contributed by atoms with Gasteiger partial charge in [0.15, 0.2) is 0 Å². The predicted molar refractivity (Wildman–Crippen MR) is 125 cm³/mol. The number of fused-ring (bicyclic) bond motifs is 1. The first-order chi connectivity index (χ1) is 15.4. The number of carboxylic acid groups (broad SMARTS) is 2. The van der Waals surface area contributed by atoms with E-state index in [0.717, 1.165) is 48.3 Å². The second-order valence-electron chi connectivity index (χ2n) is 7.68. The lowest BCUT2D eigenvalue weighted by Gasteiger charge is -2.38. The van der Waals surface area contributed by atoms with Crippen LogP contribution in [0.2, 0.25) is 0 Å². The van der Waals surface area contributed by atoms with Crippen LogP contribution in [0.1, 0.15) is 57.7 Å². The largest absolute Gasteiger partial charge is 0.507 e. The Morgan fingerprint density at radius 2 is 1.52 bits per heavy atom. The molecule has 33 heavy (non-hydrogen) atoms. The van der Waals surface area contributed by atoms with Gasteiger partial charge in [-0.25, -0.2) is 0 Å². The average molecular weight is 461 g/mol. The summed E-state index contributed by atoms with van der Waals surface area (Å²) in [4.78, 5) is 18.0. The van der Waals surface area contributed by atoms with Crippen LogP contribution in [-0.4, -0.2) is 45.1 Å².